The van der Waals surface area contributed by atoms with Gasteiger partial charge in [0.05, 0.1) is 13.2 Å². The van der Waals surface area contributed by atoms with Crippen LogP contribution in [0.15, 0.2) is 24.3 Å². The number of rotatable bonds is 6. The first-order chi connectivity index (χ1) is 8.63. The summed E-state index contributed by atoms with van der Waals surface area (Å²) in [5.41, 5.74) is 3.16. The van der Waals surface area contributed by atoms with Gasteiger partial charge in [-0.05, 0) is 24.5 Å². The SMILES string of the molecule is CCCc1ccc(C(C)NCC2(C)COC2)cc1. The predicted octanol–water partition coefficient (Wildman–Crippen LogP) is 3.33. The molecule has 100 valence electrons. The van der Waals surface area contributed by atoms with Crippen LogP contribution in [0, 0.1) is 5.41 Å². The fraction of sp³-hybridized carbons (Fsp3) is 0.625. The molecule has 2 nitrogen and oxygen atoms in total. The highest BCUT2D eigenvalue weighted by Gasteiger charge is 2.33. The number of nitrogens with one attached hydrogen (secondary N) is 1. The standard InChI is InChI=1S/C16H25NO/c1-4-5-14-6-8-15(9-7-14)13(2)17-10-16(3)11-18-12-16/h6-9,13,17H,4-5,10-12H2,1-3H3. The molecular formula is C16H25NO. The van der Waals surface area contributed by atoms with E-state index in [2.05, 4.69) is 50.4 Å². The van der Waals surface area contributed by atoms with Crippen LogP contribution in [0.5, 0.6) is 0 Å². The molecule has 0 aliphatic carbocycles. The van der Waals surface area contributed by atoms with E-state index in [-0.39, 0.29) is 0 Å². The van der Waals surface area contributed by atoms with Crippen molar-refractivity contribution in [2.24, 2.45) is 5.41 Å². The van der Waals surface area contributed by atoms with Gasteiger partial charge in [-0.15, -0.1) is 0 Å². The van der Waals surface area contributed by atoms with Crippen LogP contribution in [0.1, 0.15) is 44.4 Å². The van der Waals surface area contributed by atoms with Gasteiger partial charge in [-0.1, -0.05) is 44.5 Å². The average Bonchev–Trinajstić information content (AvgIpc) is 2.35. The van der Waals surface area contributed by atoms with Crippen molar-refractivity contribution in [3.05, 3.63) is 35.4 Å². The van der Waals surface area contributed by atoms with Gasteiger partial charge in [-0.3, -0.25) is 0 Å². The molecule has 2 heteroatoms. The summed E-state index contributed by atoms with van der Waals surface area (Å²) >= 11 is 0. The van der Waals surface area contributed by atoms with Gasteiger partial charge < -0.3 is 10.1 Å². The maximum atomic E-state index is 5.28. The van der Waals surface area contributed by atoms with Gasteiger partial charge in [0, 0.05) is 18.0 Å². The smallest absolute Gasteiger partial charge is 0.0554 e. The Morgan fingerprint density at radius 2 is 1.94 bits per heavy atom. The van der Waals surface area contributed by atoms with E-state index >= 15 is 0 Å². The lowest BCUT2D eigenvalue weighted by Crippen LogP contribution is -2.47. The maximum absolute atomic E-state index is 5.28. The lowest BCUT2D eigenvalue weighted by molar-refractivity contribution is -0.0999. The summed E-state index contributed by atoms with van der Waals surface area (Å²) in [5.74, 6) is 0. The summed E-state index contributed by atoms with van der Waals surface area (Å²) in [5, 5.41) is 3.61. The zero-order chi connectivity index (χ0) is 13.0. The van der Waals surface area contributed by atoms with Crippen molar-refractivity contribution >= 4 is 0 Å². The number of hydrogen-bond donors (Lipinski definition) is 1. The lowest BCUT2D eigenvalue weighted by Gasteiger charge is -2.39. The van der Waals surface area contributed by atoms with E-state index in [1.54, 1.807) is 0 Å². The molecule has 1 aliphatic rings. The van der Waals surface area contributed by atoms with Crippen LogP contribution in [0.4, 0.5) is 0 Å². The van der Waals surface area contributed by atoms with Crippen LogP contribution < -0.4 is 5.32 Å². The molecule has 1 aromatic carbocycles. The van der Waals surface area contributed by atoms with Crippen LogP contribution in [-0.2, 0) is 11.2 Å². The fourth-order valence-electron chi connectivity index (χ4n) is 2.33. The van der Waals surface area contributed by atoms with Gasteiger partial charge in [0.2, 0.25) is 0 Å². The van der Waals surface area contributed by atoms with E-state index in [1.165, 1.54) is 24.0 Å². The summed E-state index contributed by atoms with van der Waals surface area (Å²) < 4.78 is 5.28. The summed E-state index contributed by atoms with van der Waals surface area (Å²) in [6, 6.07) is 9.43. The average molecular weight is 247 g/mol. The summed E-state index contributed by atoms with van der Waals surface area (Å²) in [4.78, 5) is 0. The Kier molecular flexibility index (Phi) is 4.41. The third-order valence-electron chi connectivity index (χ3n) is 3.75. The topological polar surface area (TPSA) is 21.3 Å². The molecule has 0 radical (unpaired) electrons. The second-order valence-corrected chi connectivity index (χ2v) is 5.90. The molecule has 1 unspecified atom stereocenters. The van der Waals surface area contributed by atoms with Crippen molar-refractivity contribution in [1.29, 1.82) is 0 Å². The minimum atomic E-state index is 0.344. The molecule has 0 aromatic heterocycles. The molecule has 0 spiro atoms. The summed E-state index contributed by atoms with van der Waals surface area (Å²) in [6.45, 7) is 9.55. The zero-order valence-electron chi connectivity index (χ0n) is 11.8. The Labute approximate surface area is 111 Å². The Morgan fingerprint density at radius 1 is 1.28 bits per heavy atom. The van der Waals surface area contributed by atoms with Gasteiger partial charge in [0.15, 0.2) is 0 Å². The Hall–Kier alpha value is -0.860. The Bertz CT molecular complexity index is 367. The van der Waals surface area contributed by atoms with Crippen molar-refractivity contribution in [2.45, 2.75) is 39.7 Å². The van der Waals surface area contributed by atoms with Gasteiger partial charge in [-0.2, -0.15) is 0 Å². The molecule has 1 aromatic rings. The predicted molar refractivity (Wildman–Crippen MR) is 75.8 cm³/mol. The van der Waals surface area contributed by atoms with Gasteiger partial charge in [0.25, 0.3) is 0 Å². The molecule has 1 atom stereocenters. The molecular weight excluding hydrogens is 222 g/mol. The molecule has 2 rings (SSSR count). The Morgan fingerprint density at radius 3 is 2.44 bits per heavy atom. The first-order valence-corrected chi connectivity index (χ1v) is 7.03. The van der Waals surface area contributed by atoms with Gasteiger partial charge in [-0.25, -0.2) is 0 Å². The van der Waals surface area contributed by atoms with E-state index in [9.17, 15) is 0 Å². The fourth-order valence-corrected chi connectivity index (χ4v) is 2.33. The molecule has 1 aliphatic heterocycles. The summed E-state index contributed by atoms with van der Waals surface area (Å²) in [7, 11) is 0. The van der Waals surface area contributed by atoms with E-state index in [1.807, 2.05) is 0 Å². The summed E-state index contributed by atoms with van der Waals surface area (Å²) in [6.07, 6.45) is 2.39. The van der Waals surface area contributed by atoms with Gasteiger partial charge >= 0.3 is 0 Å². The van der Waals surface area contributed by atoms with Crippen LogP contribution in [0.25, 0.3) is 0 Å². The van der Waals surface area contributed by atoms with Crippen molar-refractivity contribution in [3.8, 4) is 0 Å². The van der Waals surface area contributed by atoms with E-state index < -0.39 is 0 Å². The highest BCUT2D eigenvalue weighted by molar-refractivity contribution is 5.24. The van der Waals surface area contributed by atoms with Crippen molar-refractivity contribution < 1.29 is 4.74 Å². The number of benzene rings is 1. The highest BCUT2D eigenvalue weighted by Crippen LogP contribution is 2.26. The van der Waals surface area contributed by atoms with E-state index in [0.717, 1.165) is 19.8 Å². The first kappa shape index (κ1) is 13.6. The second kappa shape index (κ2) is 5.85. The molecule has 18 heavy (non-hydrogen) atoms. The molecule has 0 amide bonds. The molecule has 1 fully saturated rings. The largest absolute Gasteiger partial charge is 0.380 e. The monoisotopic (exact) mass is 247 g/mol. The van der Waals surface area contributed by atoms with Crippen LogP contribution >= 0.6 is 0 Å². The van der Waals surface area contributed by atoms with Crippen LogP contribution in [-0.4, -0.2) is 19.8 Å². The quantitative estimate of drug-likeness (QED) is 0.832. The highest BCUT2D eigenvalue weighted by atomic mass is 16.5. The van der Waals surface area contributed by atoms with E-state index in [4.69, 9.17) is 4.74 Å². The van der Waals surface area contributed by atoms with Crippen LogP contribution in [0.3, 0.4) is 0 Å². The minimum absolute atomic E-state index is 0.344. The lowest BCUT2D eigenvalue weighted by atomic mass is 9.88. The zero-order valence-corrected chi connectivity index (χ0v) is 11.8. The van der Waals surface area contributed by atoms with Crippen molar-refractivity contribution in [1.82, 2.24) is 5.32 Å². The van der Waals surface area contributed by atoms with Gasteiger partial charge in [0.1, 0.15) is 0 Å². The Balaban J connectivity index is 1.85. The second-order valence-electron chi connectivity index (χ2n) is 5.90. The van der Waals surface area contributed by atoms with Crippen molar-refractivity contribution in [2.75, 3.05) is 19.8 Å². The third-order valence-corrected chi connectivity index (χ3v) is 3.75. The number of ether oxygens (including phenoxy) is 1. The molecule has 1 heterocycles. The molecule has 0 saturated carbocycles. The molecule has 1 saturated heterocycles. The first-order valence-electron chi connectivity index (χ1n) is 7.03. The van der Waals surface area contributed by atoms with Crippen molar-refractivity contribution in [3.63, 3.8) is 0 Å². The molecule has 0 bridgehead atoms. The number of hydrogen-bond acceptors (Lipinski definition) is 2. The molecule has 1 N–H and O–H groups in total. The third kappa shape index (κ3) is 3.33. The maximum Gasteiger partial charge on any atom is 0.0554 e. The van der Waals surface area contributed by atoms with E-state index in [0.29, 0.717) is 11.5 Å². The number of aryl methyl sites for hydroxylation is 1. The minimum Gasteiger partial charge on any atom is -0.380 e. The normalized spacial score (nSPS) is 19.3. The van der Waals surface area contributed by atoms with Crippen LogP contribution in [0.2, 0.25) is 0 Å².